The molecule has 1 aliphatic carbocycles. The molecular formula is C15H20N2O3. The van der Waals surface area contributed by atoms with Crippen LogP contribution in [0.25, 0.3) is 0 Å². The fraction of sp³-hybridized carbons (Fsp3) is 0.467. The third-order valence-corrected chi connectivity index (χ3v) is 3.96. The number of aromatic carboxylic acids is 1. The number of nitrogens with two attached hydrogens (primary N) is 1. The molecule has 1 fully saturated rings. The van der Waals surface area contributed by atoms with E-state index in [9.17, 15) is 9.59 Å². The van der Waals surface area contributed by atoms with Crippen molar-refractivity contribution in [2.75, 3.05) is 5.32 Å². The van der Waals surface area contributed by atoms with Crippen molar-refractivity contribution in [1.29, 1.82) is 0 Å². The summed E-state index contributed by atoms with van der Waals surface area (Å²) in [7, 11) is 0. The number of amides is 1. The van der Waals surface area contributed by atoms with Crippen LogP contribution in [0.1, 0.15) is 41.6 Å². The molecule has 0 saturated heterocycles. The molecule has 1 aromatic carbocycles. The predicted octanol–water partition coefficient (Wildman–Crippen LogP) is 2.15. The van der Waals surface area contributed by atoms with E-state index in [0.717, 1.165) is 25.7 Å². The second kappa shape index (κ2) is 6.05. The lowest BCUT2D eigenvalue weighted by molar-refractivity contribution is -0.120. The molecule has 1 aromatic rings. The van der Waals surface area contributed by atoms with Gasteiger partial charge < -0.3 is 16.2 Å². The average Bonchev–Trinajstić information content (AvgIpc) is 2.41. The lowest BCUT2D eigenvalue weighted by Gasteiger charge is -2.25. The van der Waals surface area contributed by atoms with Crippen LogP contribution in [0.15, 0.2) is 18.2 Å². The molecule has 1 saturated carbocycles. The van der Waals surface area contributed by atoms with Crippen LogP contribution in [0, 0.1) is 12.8 Å². The Morgan fingerprint density at radius 3 is 2.50 bits per heavy atom. The summed E-state index contributed by atoms with van der Waals surface area (Å²) in [5.41, 5.74) is 7.20. The van der Waals surface area contributed by atoms with E-state index in [1.807, 2.05) is 0 Å². The molecule has 0 aromatic heterocycles. The van der Waals surface area contributed by atoms with Gasteiger partial charge in [0.2, 0.25) is 5.91 Å². The molecule has 0 aliphatic heterocycles. The topological polar surface area (TPSA) is 92.4 Å². The molecule has 108 valence electrons. The van der Waals surface area contributed by atoms with Gasteiger partial charge in [0.05, 0.1) is 5.56 Å². The summed E-state index contributed by atoms with van der Waals surface area (Å²) < 4.78 is 0. The average molecular weight is 276 g/mol. The standard InChI is InChI=1S/C15H20N2O3/c1-9-12(15(19)20)3-2-4-13(9)17-14(18)10-5-7-11(16)8-6-10/h2-4,10-11H,5-8,16H2,1H3,(H,17,18)(H,19,20). The van der Waals surface area contributed by atoms with Crippen LogP contribution in [0.2, 0.25) is 0 Å². The van der Waals surface area contributed by atoms with E-state index in [4.69, 9.17) is 10.8 Å². The summed E-state index contributed by atoms with van der Waals surface area (Å²) in [5, 5.41) is 11.9. The van der Waals surface area contributed by atoms with Gasteiger partial charge in [-0.2, -0.15) is 0 Å². The molecule has 0 unspecified atom stereocenters. The first-order valence-electron chi connectivity index (χ1n) is 6.88. The SMILES string of the molecule is Cc1c(NC(=O)C2CCC(N)CC2)cccc1C(=O)O. The highest BCUT2D eigenvalue weighted by Crippen LogP contribution is 2.26. The zero-order valence-electron chi connectivity index (χ0n) is 11.6. The molecule has 1 aliphatic rings. The van der Waals surface area contributed by atoms with E-state index in [-0.39, 0.29) is 23.4 Å². The van der Waals surface area contributed by atoms with Gasteiger partial charge in [0, 0.05) is 17.6 Å². The van der Waals surface area contributed by atoms with Gasteiger partial charge in [0.15, 0.2) is 0 Å². The molecule has 4 N–H and O–H groups in total. The number of hydrogen-bond acceptors (Lipinski definition) is 3. The van der Waals surface area contributed by atoms with Crippen molar-refractivity contribution in [3.63, 3.8) is 0 Å². The van der Waals surface area contributed by atoms with Gasteiger partial charge in [-0.25, -0.2) is 4.79 Å². The Balaban J connectivity index is 2.08. The van der Waals surface area contributed by atoms with Gasteiger partial charge in [-0.05, 0) is 50.3 Å². The zero-order chi connectivity index (χ0) is 14.7. The summed E-state index contributed by atoms with van der Waals surface area (Å²) in [5.74, 6) is -1.05. The molecule has 0 heterocycles. The van der Waals surface area contributed by atoms with E-state index in [1.54, 1.807) is 19.1 Å². The Kier molecular flexibility index (Phi) is 4.39. The van der Waals surface area contributed by atoms with E-state index in [2.05, 4.69) is 5.32 Å². The van der Waals surface area contributed by atoms with E-state index >= 15 is 0 Å². The minimum Gasteiger partial charge on any atom is -0.478 e. The van der Waals surface area contributed by atoms with Gasteiger partial charge in [0.25, 0.3) is 0 Å². The van der Waals surface area contributed by atoms with Gasteiger partial charge >= 0.3 is 5.97 Å². The minimum absolute atomic E-state index is 0.0253. The fourth-order valence-corrected chi connectivity index (χ4v) is 2.62. The zero-order valence-corrected chi connectivity index (χ0v) is 11.6. The highest BCUT2D eigenvalue weighted by Gasteiger charge is 2.25. The third-order valence-electron chi connectivity index (χ3n) is 3.96. The summed E-state index contributed by atoms with van der Waals surface area (Å²) in [6, 6.07) is 5.11. The van der Waals surface area contributed by atoms with Crippen LogP contribution in [0.5, 0.6) is 0 Å². The number of anilines is 1. The first kappa shape index (κ1) is 14.5. The third kappa shape index (κ3) is 3.17. The molecule has 5 heteroatoms. The molecule has 5 nitrogen and oxygen atoms in total. The number of benzene rings is 1. The van der Waals surface area contributed by atoms with Crippen LogP contribution in [-0.2, 0) is 4.79 Å². The number of rotatable bonds is 3. The van der Waals surface area contributed by atoms with Crippen molar-refractivity contribution in [3.8, 4) is 0 Å². The van der Waals surface area contributed by atoms with Crippen LogP contribution in [-0.4, -0.2) is 23.0 Å². The maximum absolute atomic E-state index is 12.2. The van der Waals surface area contributed by atoms with Crippen molar-refractivity contribution in [1.82, 2.24) is 0 Å². The van der Waals surface area contributed by atoms with Crippen LogP contribution < -0.4 is 11.1 Å². The van der Waals surface area contributed by atoms with Crippen molar-refractivity contribution < 1.29 is 14.7 Å². The lowest BCUT2D eigenvalue weighted by atomic mass is 9.86. The predicted molar refractivity (Wildman–Crippen MR) is 76.7 cm³/mol. The fourth-order valence-electron chi connectivity index (χ4n) is 2.62. The molecular weight excluding hydrogens is 256 g/mol. The van der Waals surface area contributed by atoms with Crippen LogP contribution in [0.3, 0.4) is 0 Å². The Labute approximate surface area is 118 Å². The van der Waals surface area contributed by atoms with Gasteiger partial charge in [-0.1, -0.05) is 6.07 Å². The number of carboxylic acids is 1. The van der Waals surface area contributed by atoms with Gasteiger partial charge in [-0.15, -0.1) is 0 Å². The van der Waals surface area contributed by atoms with Crippen molar-refractivity contribution in [2.45, 2.75) is 38.6 Å². The summed E-state index contributed by atoms with van der Waals surface area (Å²) in [4.78, 5) is 23.3. The largest absolute Gasteiger partial charge is 0.478 e. The summed E-state index contributed by atoms with van der Waals surface area (Å²) in [6.07, 6.45) is 3.33. The number of carbonyl (C=O) groups is 2. The molecule has 20 heavy (non-hydrogen) atoms. The Morgan fingerprint density at radius 2 is 1.90 bits per heavy atom. The highest BCUT2D eigenvalue weighted by atomic mass is 16.4. The minimum atomic E-state index is -0.984. The Hall–Kier alpha value is -1.88. The summed E-state index contributed by atoms with van der Waals surface area (Å²) in [6.45, 7) is 1.70. The number of hydrogen-bond donors (Lipinski definition) is 3. The van der Waals surface area contributed by atoms with Crippen LogP contribution in [0.4, 0.5) is 5.69 Å². The number of nitrogens with one attached hydrogen (secondary N) is 1. The van der Waals surface area contributed by atoms with Crippen molar-refractivity contribution in [2.24, 2.45) is 11.7 Å². The smallest absolute Gasteiger partial charge is 0.336 e. The molecule has 1 amide bonds. The van der Waals surface area contributed by atoms with Crippen molar-refractivity contribution >= 4 is 17.6 Å². The molecule has 0 bridgehead atoms. The Morgan fingerprint density at radius 1 is 1.25 bits per heavy atom. The second-order valence-corrected chi connectivity index (χ2v) is 5.38. The molecule has 2 rings (SSSR count). The monoisotopic (exact) mass is 276 g/mol. The Bertz CT molecular complexity index is 520. The highest BCUT2D eigenvalue weighted by molar-refractivity contribution is 5.96. The molecule has 0 atom stereocenters. The van der Waals surface area contributed by atoms with E-state index in [1.165, 1.54) is 6.07 Å². The van der Waals surface area contributed by atoms with Gasteiger partial charge in [0.1, 0.15) is 0 Å². The first-order chi connectivity index (χ1) is 9.49. The quantitative estimate of drug-likeness (QED) is 0.788. The second-order valence-electron chi connectivity index (χ2n) is 5.38. The maximum Gasteiger partial charge on any atom is 0.336 e. The van der Waals surface area contributed by atoms with E-state index < -0.39 is 5.97 Å². The summed E-state index contributed by atoms with van der Waals surface area (Å²) >= 11 is 0. The maximum atomic E-state index is 12.2. The van der Waals surface area contributed by atoms with Crippen LogP contribution >= 0.6 is 0 Å². The molecule has 0 spiro atoms. The van der Waals surface area contributed by atoms with Crippen molar-refractivity contribution in [3.05, 3.63) is 29.3 Å². The normalized spacial score (nSPS) is 22.3. The lowest BCUT2D eigenvalue weighted by Crippen LogP contribution is -2.32. The van der Waals surface area contributed by atoms with Gasteiger partial charge in [-0.3, -0.25) is 4.79 Å². The number of carboxylic acid groups (broad SMARTS) is 1. The molecule has 0 radical (unpaired) electrons. The number of carbonyl (C=O) groups excluding carboxylic acids is 1. The van der Waals surface area contributed by atoms with E-state index in [0.29, 0.717) is 11.3 Å². The first-order valence-corrected chi connectivity index (χ1v) is 6.88.